The summed E-state index contributed by atoms with van der Waals surface area (Å²) in [5, 5.41) is 21.5. The molecule has 1 aliphatic carbocycles. The van der Waals surface area contributed by atoms with Gasteiger partial charge in [0.05, 0.1) is 38.2 Å². The predicted octanol–water partition coefficient (Wildman–Crippen LogP) is 4.29. The van der Waals surface area contributed by atoms with E-state index in [1.54, 1.807) is 0 Å². The number of allylic oxidation sites excluding steroid dienone is 2. The summed E-state index contributed by atoms with van der Waals surface area (Å²) >= 11 is 0. The lowest BCUT2D eigenvalue weighted by atomic mass is 9.75. The molecule has 2 N–H and O–H groups in total. The maximum atomic E-state index is 14.0. The number of hydrogen-bond donors (Lipinski definition) is 2. The summed E-state index contributed by atoms with van der Waals surface area (Å²) in [6.07, 6.45) is -1.88. The van der Waals surface area contributed by atoms with Crippen LogP contribution in [0.5, 0.6) is 0 Å². The van der Waals surface area contributed by atoms with Crippen LogP contribution in [0.3, 0.4) is 0 Å². The van der Waals surface area contributed by atoms with E-state index in [0.29, 0.717) is 24.3 Å². The van der Waals surface area contributed by atoms with Crippen LogP contribution in [-0.4, -0.2) is 47.9 Å². The van der Waals surface area contributed by atoms with Gasteiger partial charge in [0.15, 0.2) is 46.4 Å². The second-order valence-electron chi connectivity index (χ2n) is 8.45. The highest BCUT2D eigenvalue weighted by Crippen LogP contribution is 2.41. The van der Waals surface area contributed by atoms with Gasteiger partial charge in [-0.15, -0.1) is 0 Å². The second kappa shape index (κ2) is 11.6. The second-order valence-corrected chi connectivity index (χ2v) is 8.45. The number of aliphatic hydroxyl groups excluding tert-OH is 2. The van der Waals surface area contributed by atoms with E-state index in [2.05, 4.69) is 9.47 Å². The van der Waals surface area contributed by atoms with E-state index >= 15 is 0 Å². The highest BCUT2D eigenvalue weighted by molar-refractivity contribution is 6.24. The Hall–Kier alpha value is -4.62. The van der Waals surface area contributed by atoms with E-state index < -0.39 is 117 Å². The van der Waals surface area contributed by atoms with Crippen LogP contribution in [-0.2, 0) is 28.7 Å². The Labute approximate surface area is 221 Å². The molecule has 0 aromatic heterocycles. The molecule has 0 spiro atoms. The van der Waals surface area contributed by atoms with Crippen LogP contribution in [0.4, 0.5) is 26.3 Å². The molecule has 0 bridgehead atoms. The number of aliphatic hydroxyl groups is 2. The molecule has 2 aromatic carbocycles. The molecule has 40 heavy (non-hydrogen) atoms. The number of carbonyl (C=O) groups excluding carboxylic acids is 4. The van der Waals surface area contributed by atoms with E-state index in [4.69, 9.17) is 0 Å². The number of halogens is 6. The van der Waals surface area contributed by atoms with Crippen molar-refractivity contribution in [3.63, 3.8) is 0 Å². The molecule has 0 saturated carbocycles. The van der Waals surface area contributed by atoms with Crippen molar-refractivity contribution in [3.8, 4) is 0 Å². The third-order valence-electron chi connectivity index (χ3n) is 6.14. The SMILES string of the molecule is COC(=O)C[C@H](C1=C(O)C(=O)C([C@@H](CC(=O)OC)c2cc(F)c(F)c(F)c2)=C(O)C1=O)c1cc(F)c(F)c(F)c1. The van der Waals surface area contributed by atoms with Gasteiger partial charge in [0.25, 0.3) is 0 Å². The fourth-order valence-electron chi connectivity index (χ4n) is 4.19. The molecule has 0 radical (unpaired) electrons. The maximum absolute atomic E-state index is 14.0. The Bertz CT molecular complexity index is 1340. The van der Waals surface area contributed by atoms with Crippen LogP contribution in [0.1, 0.15) is 35.8 Å². The molecule has 2 aromatic rings. The molecular weight excluding hydrogens is 554 g/mol. The van der Waals surface area contributed by atoms with Gasteiger partial charge >= 0.3 is 11.9 Å². The van der Waals surface area contributed by atoms with Gasteiger partial charge in [-0.3, -0.25) is 19.2 Å². The minimum atomic E-state index is -1.90. The van der Waals surface area contributed by atoms with Crippen LogP contribution < -0.4 is 0 Å². The summed E-state index contributed by atoms with van der Waals surface area (Å²) in [6.45, 7) is 0. The molecule has 8 nitrogen and oxygen atoms in total. The lowest BCUT2D eigenvalue weighted by Crippen LogP contribution is -2.31. The Morgan fingerprint density at radius 3 is 1.18 bits per heavy atom. The van der Waals surface area contributed by atoms with Gasteiger partial charge in [-0.1, -0.05) is 0 Å². The first kappa shape index (κ1) is 29.9. The van der Waals surface area contributed by atoms with Gasteiger partial charge < -0.3 is 19.7 Å². The van der Waals surface area contributed by atoms with Gasteiger partial charge in [-0.2, -0.15) is 0 Å². The first-order valence-corrected chi connectivity index (χ1v) is 11.1. The molecule has 0 aliphatic heterocycles. The number of Topliss-reactive ketones (excluding diaryl/α,β-unsaturated/α-hetero) is 2. The molecule has 0 amide bonds. The quantitative estimate of drug-likeness (QED) is 0.208. The Balaban J connectivity index is 2.23. The van der Waals surface area contributed by atoms with Crippen molar-refractivity contribution in [2.75, 3.05) is 14.2 Å². The lowest BCUT2D eigenvalue weighted by molar-refractivity contribution is -0.142. The number of ether oxygens (including phenoxy) is 2. The van der Waals surface area contributed by atoms with Crippen molar-refractivity contribution in [1.82, 2.24) is 0 Å². The smallest absolute Gasteiger partial charge is 0.306 e. The Kier molecular flexibility index (Phi) is 8.71. The zero-order valence-electron chi connectivity index (χ0n) is 20.5. The highest BCUT2D eigenvalue weighted by atomic mass is 19.2. The van der Waals surface area contributed by atoms with Crippen molar-refractivity contribution < 1.29 is 65.2 Å². The summed E-state index contributed by atoms with van der Waals surface area (Å²) < 4.78 is 92.0. The van der Waals surface area contributed by atoms with Crippen molar-refractivity contribution in [3.05, 3.63) is 93.0 Å². The fourth-order valence-corrected chi connectivity index (χ4v) is 4.19. The molecule has 2 atom stereocenters. The largest absolute Gasteiger partial charge is 0.504 e. The van der Waals surface area contributed by atoms with Gasteiger partial charge in [-0.05, 0) is 35.4 Å². The average molecular weight is 572 g/mol. The standard InChI is InChI=1S/C26H18F6O8/c1-39-17(33)7-11(9-3-13(27)21(31)14(28)4-9)19-23(35)25(37)20(26(38)24(19)36)12(8-18(34)40-2)10-5-15(29)22(32)16(30)6-10/h3-6,11-12,35,38H,7-8H2,1-2H3/t11-,12-/m0/s1. The predicted molar refractivity (Wildman–Crippen MR) is 121 cm³/mol. The summed E-state index contributed by atoms with van der Waals surface area (Å²) in [5.41, 5.74) is -3.35. The van der Waals surface area contributed by atoms with Crippen LogP contribution in [0.15, 0.2) is 46.9 Å². The van der Waals surface area contributed by atoms with E-state index in [0.717, 1.165) is 14.2 Å². The monoisotopic (exact) mass is 572 g/mol. The van der Waals surface area contributed by atoms with E-state index in [1.807, 2.05) is 0 Å². The van der Waals surface area contributed by atoms with Crippen molar-refractivity contribution in [2.24, 2.45) is 0 Å². The van der Waals surface area contributed by atoms with Crippen molar-refractivity contribution >= 4 is 23.5 Å². The third kappa shape index (κ3) is 5.55. The van der Waals surface area contributed by atoms with Crippen LogP contribution in [0, 0.1) is 34.9 Å². The number of ketones is 2. The van der Waals surface area contributed by atoms with Crippen LogP contribution in [0.25, 0.3) is 0 Å². The Morgan fingerprint density at radius 2 is 0.925 bits per heavy atom. The number of methoxy groups -OCH3 is 2. The minimum Gasteiger partial charge on any atom is -0.504 e. The molecule has 14 heteroatoms. The molecular formula is C26H18F6O8. The summed E-state index contributed by atoms with van der Waals surface area (Å²) in [4.78, 5) is 50.6. The summed E-state index contributed by atoms with van der Waals surface area (Å²) in [7, 11) is 1.81. The van der Waals surface area contributed by atoms with Crippen LogP contribution in [0.2, 0.25) is 0 Å². The Morgan fingerprint density at radius 1 is 0.650 bits per heavy atom. The molecule has 3 rings (SSSR count). The fraction of sp³-hybridized carbons (Fsp3) is 0.231. The number of rotatable bonds is 8. The van der Waals surface area contributed by atoms with Crippen molar-refractivity contribution in [2.45, 2.75) is 24.7 Å². The van der Waals surface area contributed by atoms with E-state index in [9.17, 15) is 55.7 Å². The van der Waals surface area contributed by atoms with Gasteiger partial charge in [0.2, 0.25) is 11.6 Å². The van der Waals surface area contributed by atoms with Gasteiger partial charge in [0, 0.05) is 11.8 Å². The molecule has 212 valence electrons. The summed E-state index contributed by atoms with van der Waals surface area (Å²) in [6, 6.07) is 1.52. The van der Waals surface area contributed by atoms with Gasteiger partial charge in [0.1, 0.15) is 0 Å². The molecule has 0 heterocycles. The van der Waals surface area contributed by atoms with E-state index in [1.165, 1.54) is 0 Å². The number of esters is 2. The number of hydrogen-bond acceptors (Lipinski definition) is 8. The van der Waals surface area contributed by atoms with Crippen LogP contribution >= 0.6 is 0 Å². The first-order chi connectivity index (χ1) is 18.7. The number of carbonyl (C=O) groups is 4. The zero-order chi connectivity index (χ0) is 30.0. The van der Waals surface area contributed by atoms with Gasteiger partial charge in [-0.25, -0.2) is 26.3 Å². The average Bonchev–Trinajstić information content (AvgIpc) is 2.91. The first-order valence-electron chi connectivity index (χ1n) is 11.1. The maximum Gasteiger partial charge on any atom is 0.306 e. The topological polar surface area (TPSA) is 127 Å². The molecule has 0 unspecified atom stereocenters. The molecule has 0 fully saturated rings. The third-order valence-corrected chi connectivity index (χ3v) is 6.14. The van der Waals surface area contributed by atoms with E-state index in [-0.39, 0.29) is 0 Å². The minimum absolute atomic E-state index is 0.379. The zero-order valence-corrected chi connectivity index (χ0v) is 20.5. The lowest BCUT2D eigenvalue weighted by Gasteiger charge is -2.27. The normalized spacial score (nSPS) is 15.3. The number of benzene rings is 2. The molecule has 1 aliphatic rings. The summed E-state index contributed by atoms with van der Waals surface area (Å²) in [5.74, 6) is -22.9. The molecule has 0 saturated heterocycles. The highest BCUT2D eigenvalue weighted by Gasteiger charge is 2.43. The van der Waals surface area contributed by atoms with Crippen molar-refractivity contribution in [1.29, 1.82) is 0 Å².